The van der Waals surface area contributed by atoms with Gasteiger partial charge in [-0.3, -0.25) is 9.78 Å². The van der Waals surface area contributed by atoms with Crippen molar-refractivity contribution in [3.8, 4) is 5.75 Å². The fraction of sp³-hybridized carbons (Fsp3) is 0.217. The van der Waals surface area contributed by atoms with E-state index in [1.807, 2.05) is 42.5 Å². The normalized spacial score (nSPS) is 11.8. The van der Waals surface area contributed by atoms with E-state index in [9.17, 15) is 15.0 Å². The van der Waals surface area contributed by atoms with E-state index in [1.165, 1.54) is 0 Å². The molecule has 0 saturated carbocycles. The number of hydrogen-bond donors (Lipinski definition) is 4. The average molecular weight is 391 g/mol. The summed E-state index contributed by atoms with van der Waals surface area (Å²) in [6.45, 7) is 0.999. The van der Waals surface area contributed by atoms with Crippen molar-refractivity contribution in [3.05, 3.63) is 89.7 Å². The van der Waals surface area contributed by atoms with E-state index in [0.717, 1.165) is 17.7 Å². The molecule has 4 N–H and O–H groups in total. The lowest BCUT2D eigenvalue weighted by Gasteiger charge is -2.13. The van der Waals surface area contributed by atoms with Gasteiger partial charge in [-0.1, -0.05) is 36.4 Å². The number of hydrogen-bond acceptors (Lipinski definition) is 5. The summed E-state index contributed by atoms with van der Waals surface area (Å²) in [7, 11) is 0. The number of para-hydroxylation sites is 2. The minimum Gasteiger partial charge on any atom is -0.508 e. The van der Waals surface area contributed by atoms with E-state index >= 15 is 0 Å². The third kappa shape index (κ3) is 6.41. The van der Waals surface area contributed by atoms with Crippen LogP contribution in [0.2, 0.25) is 0 Å². The Bertz CT molecular complexity index is 931. The van der Waals surface area contributed by atoms with E-state index in [0.29, 0.717) is 24.3 Å². The molecule has 0 saturated heterocycles. The second-order valence-electron chi connectivity index (χ2n) is 6.78. The van der Waals surface area contributed by atoms with Gasteiger partial charge < -0.3 is 20.8 Å². The Balaban J connectivity index is 1.45. The van der Waals surface area contributed by atoms with Crippen LogP contribution in [0.5, 0.6) is 5.75 Å². The number of aliphatic hydroxyl groups excluding tert-OH is 1. The molecule has 3 rings (SSSR count). The van der Waals surface area contributed by atoms with Gasteiger partial charge in [0.05, 0.1) is 12.5 Å². The van der Waals surface area contributed by atoms with E-state index in [-0.39, 0.29) is 18.1 Å². The van der Waals surface area contributed by atoms with Gasteiger partial charge in [0.1, 0.15) is 5.75 Å². The van der Waals surface area contributed by atoms with Crippen molar-refractivity contribution >= 4 is 11.6 Å². The molecule has 150 valence electrons. The number of nitrogens with one attached hydrogen (secondary N) is 2. The van der Waals surface area contributed by atoms with Gasteiger partial charge in [-0.05, 0) is 48.9 Å². The van der Waals surface area contributed by atoms with Gasteiger partial charge in [0, 0.05) is 29.7 Å². The third-order valence-electron chi connectivity index (χ3n) is 4.50. The molecule has 2 aromatic carbocycles. The number of aromatic hydroxyl groups is 1. The SMILES string of the molecule is O=C(Cc1cc(CCNCC(O)c2ccccc2O)ccn1)Nc1ccccc1. The number of aliphatic hydroxyl groups is 1. The molecule has 29 heavy (non-hydrogen) atoms. The zero-order valence-electron chi connectivity index (χ0n) is 16.1. The van der Waals surface area contributed by atoms with Crippen LogP contribution in [0.15, 0.2) is 72.9 Å². The molecule has 1 heterocycles. The summed E-state index contributed by atoms with van der Waals surface area (Å²) in [6, 6.07) is 19.9. The molecular formula is C23H25N3O3. The predicted octanol–water partition coefficient (Wildman–Crippen LogP) is 2.83. The summed E-state index contributed by atoms with van der Waals surface area (Å²) in [5, 5.41) is 26.0. The Labute approximate surface area is 170 Å². The minimum absolute atomic E-state index is 0.0920. The standard InChI is InChI=1S/C23H25N3O3/c27-21-9-5-4-8-20(21)22(28)16-24-12-10-17-11-13-25-19(14-17)15-23(29)26-18-6-2-1-3-7-18/h1-9,11,13-14,22,24,27-28H,10,12,15-16H2,(H,26,29). The Morgan fingerprint density at radius 2 is 1.79 bits per heavy atom. The molecule has 0 radical (unpaired) electrons. The average Bonchev–Trinajstić information content (AvgIpc) is 2.72. The van der Waals surface area contributed by atoms with E-state index in [2.05, 4.69) is 15.6 Å². The lowest BCUT2D eigenvalue weighted by atomic mass is 10.1. The van der Waals surface area contributed by atoms with Crippen molar-refractivity contribution < 1.29 is 15.0 Å². The first kappa shape index (κ1) is 20.5. The zero-order chi connectivity index (χ0) is 20.5. The second-order valence-corrected chi connectivity index (χ2v) is 6.78. The van der Waals surface area contributed by atoms with Gasteiger partial charge in [0.15, 0.2) is 0 Å². The summed E-state index contributed by atoms with van der Waals surface area (Å²) < 4.78 is 0. The zero-order valence-corrected chi connectivity index (χ0v) is 16.1. The summed E-state index contributed by atoms with van der Waals surface area (Å²) in [4.78, 5) is 16.5. The largest absolute Gasteiger partial charge is 0.508 e. The molecule has 1 aromatic heterocycles. The molecule has 1 atom stereocenters. The molecule has 0 aliphatic carbocycles. The fourth-order valence-corrected chi connectivity index (χ4v) is 3.02. The number of carbonyl (C=O) groups is 1. The lowest BCUT2D eigenvalue weighted by Crippen LogP contribution is -2.24. The monoisotopic (exact) mass is 391 g/mol. The lowest BCUT2D eigenvalue weighted by molar-refractivity contribution is -0.115. The molecule has 0 fully saturated rings. The van der Waals surface area contributed by atoms with Crippen LogP contribution >= 0.6 is 0 Å². The van der Waals surface area contributed by atoms with Crippen LogP contribution in [0.4, 0.5) is 5.69 Å². The van der Waals surface area contributed by atoms with Crippen molar-refractivity contribution in [2.45, 2.75) is 18.9 Å². The molecule has 3 aromatic rings. The van der Waals surface area contributed by atoms with Gasteiger partial charge in [-0.25, -0.2) is 0 Å². The molecule has 0 spiro atoms. The maximum atomic E-state index is 12.2. The first-order valence-corrected chi connectivity index (χ1v) is 9.57. The van der Waals surface area contributed by atoms with Gasteiger partial charge in [-0.2, -0.15) is 0 Å². The summed E-state index contributed by atoms with van der Waals surface area (Å²) >= 11 is 0. The molecular weight excluding hydrogens is 366 g/mol. The first-order chi connectivity index (χ1) is 14.1. The van der Waals surface area contributed by atoms with Crippen LogP contribution < -0.4 is 10.6 Å². The molecule has 0 bridgehead atoms. The third-order valence-corrected chi connectivity index (χ3v) is 4.50. The topological polar surface area (TPSA) is 94.5 Å². The number of anilines is 1. The van der Waals surface area contributed by atoms with Crippen LogP contribution in [0, 0.1) is 0 Å². The number of phenols is 1. The highest BCUT2D eigenvalue weighted by atomic mass is 16.3. The quantitative estimate of drug-likeness (QED) is 0.421. The Kier molecular flexibility index (Phi) is 7.33. The molecule has 1 amide bonds. The number of pyridine rings is 1. The Morgan fingerprint density at radius 1 is 1.03 bits per heavy atom. The van der Waals surface area contributed by atoms with Crippen molar-refractivity contribution in [2.24, 2.45) is 0 Å². The molecule has 0 aliphatic heterocycles. The number of aromatic nitrogens is 1. The van der Waals surface area contributed by atoms with Crippen LogP contribution in [0.1, 0.15) is 22.9 Å². The van der Waals surface area contributed by atoms with Crippen LogP contribution in [-0.4, -0.2) is 34.2 Å². The summed E-state index contributed by atoms with van der Waals surface area (Å²) in [5.41, 5.74) is 3.05. The highest BCUT2D eigenvalue weighted by Crippen LogP contribution is 2.22. The highest BCUT2D eigenvalue weighted by Gasteiger charge is 2.11. The number of rotatable bonds is 9. The van der Waals surface area contributed by atoms with E-state index < -0.39 is 6.10 Å². The first-order valence-electron chi connectivity index (χ1n) is 9.57. The van der Waals surface area contributed by atoms with Crippen molar-refractivity contribution in [3.63, 3.8) is 0 Å². The Hall–Kier alpha value is -3.22. The molecule has 6 heteroatoms. The van der Waals surface area contributed by atoms with Crippen molar-refractivity contribution in [1.82, 2.24) is 10.3 Å². The van der Waals surface area contributed by atoms with Gasteiger partial charge in [0.2, 0.25) is 5.91 Å². The Morgan fingerprint density at radius 3 is 2.59 bits per heavy atom. The van der Waals surface area contributed by atoms with Gasteiger partial charge >= 0.3 is 0 Å². The maximum Gasteiger partial charge on any atom is 0.230 e. The maximum absolute atomic E-state index is 12.2. The second kappa shape index (κ2) is 10.4. The van der Waals surface area contributed by atoms with Gasteiger partial charge in [-0.15, -0.1) is 0 Å². The van der Waals surface area contributed by atoms with Gasteiger partial charge in [0.25, 0.3) is 0 Å². The molecule has 6 nitrogen and oxygen atoms in total. The number of amides is 1. The highest BCUT2D eigenvalue weighted by molar-refractivity contribution is 5.91. The summed E-state index contributed by atoms with van der Waals surface area (Å²) in [5.74, 6) is -0.0147. The van der Waals surface area contributed by atoms with E-state index in [1.54, 1.807) is 30.5 Å². The minimum atomic E-state index is -0.772. The van der Waals surface area contributed by atoms with Crippen LogP contribution in [0.25, 0.3) is 0 Å². The smallest absolute Gasteiger partial charge is 0.230 e. The summed E-state index contributed by atoms with van der Waals surface area (Å²) in [6.07, 6.45) is 1.88. The van der Waals surface area contributed by atoms with Crippen LogP contribution in [0.3, 0.4) is 0 Å². The number of phenolic OH excluding ortho intramolecular Hbond substituents is 1. The predicted molar refractivity (Wildman–Crippen MR) is 113 cm³/mol. The number of benzene rings is 2. The van der Waals surface area contributed by atoms with Crippen LogP contribution in [-0.2, 0) is 17.6 Å². The number of carbonyl (C=O) groups excluding carboxylic acids is 1. The van der Waals surface area contributed by atoms with E-state index in [4.69, 9.17) is 0 Å². The van der Waals surface area contributed by atoms with Crippen molar-refractivity contribution in [1.29, 1.82) is 0 Å². The fourth-order valence-electron chi connectivity index (χ4n) is 3.02. The van der Waals surface area contributed by atoms with Crippen molar-refractivity contribution in [2.75, 3.05) is 18.4 Å². The molecule has 1 unspecified atom stereocenters. The molecule has 0 aliphatic rings. The number of nitrogens with zero attached hydrogens (tertiary/aromatic N) is 1.